The number of nitrogens with zero attached hydrogens (tertiary/aromatic N) is 5. The standard InChI is InChI=1S/C22H22N6O3S/c1-32(29,30)27-12-11-16(13-27)28-22-19(21(23)24-14-25-22)20(26-28)15-7-9-18(10-8-15)31-17-5-3-2-4-6-17/h2-10,14,16H,11-13H2,1H3,(H2,23,24,25)/t16-/m1/s1. The van der Waals surface area contributed by atoms with Gasteiger partial charge in [-0.25, -0.2) is 23.1 Å². The molecule has 0 bridgehead atoms. The second-order valence-corrected chi connectivity index (χ2v) is 9.74. The number of aromatic nitrogens is 4. The minimum Gasteiger partial charge on any atom is -0.457 e. The number of ether oxygens (including phenoxy) is 1. The van der Waals surface area contributed by atoms with Crippen molar-refractivity contribution < 1.29 is 13.2 Å². The fourth-order valence-electron chi connectivity index (χ4n) is 3.97. The van der Waals surface area contributed by atoms with Crippen molar-refractivity contribution in [2.24, 2.45) is 0 Å². The van der Waals surface area contributed by atoms with Crippen molar-refractivity contribution in [2.75, 3.05) is 25.1 Å². The Kier molecular flexibility index (Phi) is 5.03. The lowest BCUT2D eigenvalue weighted by molar-refractivity contribution is 0.443. The molecule has 0 spiro atoms. The maximum Gasteiger partial charge on any atom is 0.211 e. The number of benzene rings is 2. The van der Waals surface area contributed by atoms with Crippen molar-refractivity contribution in [3.05, 3.63) is 60.9 Å². The summed E-state index contributed by atoms with van der Waals surface area (Å²) in [6.07, 6.45) is 3.28. The molecule has 0 unspecified atom stereocenters. The quantitative estimate of drug-likeness (QED) is 0.497. The molecular weight excluding hydrogens is 428 g/mol. The number of nitrogen functional groups attached to an aromatic ring is 1. The number of sulfonamides is 1. The Morgan fingerprint density at radius 2 is 1.75 bits per heavy atom. The number of nitrogens with two attached hydrogens (primary N) is 1. The Bertz CT molecular complexity index is 1370. The van der Waals surface area contributed by atoms with Crippen molar-refractivity contribution in [3.63, 3.8) is 0 Å². The van der Waals surface area contributed by atoms with Crippen LogP contribution in [-0.2, 0) is 10.0 Å². The lowest BCUT2D eigenvalue weighted by Crippen LogP contribution is -2.28. The van der Waals surface area contributed by atoms with Gasteiger partial charge in [0, 0.05) is 18.7 Å². The predicted molar refractivity (Wildman–Crippen MR) is 122 cm³/mol. The summed E-state index contributed by atoms with van der Waals surface area (Å²) in [6, 6.07) is 17.0. The van der Waals surface area contributed by atoms with E-state index >= 15 is 0 Å². The molecule has 1 atom stereocenters. The molecule has 164 valence electrons. The average molecular weight is 451 g/mol. The van der Waals surface area contributed by atoms with Crippen LogP contribution in [0.3, 0.4) is 0 Å². The highest BCUT2D eigenvalue weighted by Crippen LogP contribution is 2.35. The number of rotatable bonds is 5. The van der Waals surface area contributed by atoms with E-state index in [0.29, 0.717) is 47.8 Å². The number of fused-ring (bicyclic) bond motifs is 1. The van der Waals surface area contributed by atoms with Crippen molar-refractivity contribution in [1.29, 1.82) is 0 Å². The summed E-state index contributed by atoms with van der Waals surface area (Å²) in [6.45, 7) is 0.801. The van der Waals surface area contributed by atoms with Crippen LogP contribution in [0.4, 0.5) is 5.82 Å². The average Bonchev–Trinajstić information content (AvgIpc) is 3.41. The lowest BCUT2D eigenvalue weighted by atomic mass is 10.1. The van der Waals surface area contributed by atoms with E-state index in [1.54, 1.807) is 4.68 Å². The first-order valence-corrected chi connectivity index (χ1v) is 12.0. The van der Waals surface area contributed by atoms with Gasteiger partial charge in [0.1, 0.15) is 29.3 Å². The lowest BCUT2D eigenvalue weighted by Gasteiger charge is -2.14. The van der Waals surface area contributed by atoms with E-state index in [-0.39, 0.29) is 6.04 Å². The van der Waals surface area contributed by atoms with Crippen molar-refractivity contribution >= 4 is 26.9 Å². The van der Waals surface area contributed by atoms with Crippen molar-refractivity contribution in [2.45, 2.75) is 12.5 Å². The molecule has 0 saturated carbocycles. The summed E-state index contributed by atoms with van der Waals surface area (Å²) < 4.78 is 33.0. The van der Waals surface area contributed by atoms with Gasteiger partial charge >= 0.3 is 0 Å². The first-order chi connectivity index (χ1) is 15.4. The Hall–Kier alpha value is -3.50. The van der Waals surface area contributed by atoms with Gasteiger partial charge in [0.15, 0.2) is 5.65 Å². The van der Waals surface area contributed by atoms with Gasteiger partial charge in [-0.1, -0.05) is 18.2 Å². The van der Waals surface area contributed by atoms with Crippen LogP contribution in [0, 0.1) is 0 Å². The molecule has 32 heavy (non-hydrogen) atoms. The van der Waals surface area contributed by atoms with Crippen LogP contribution in [0.5, 0.6) is 11.5 Å². The number of hydrogen-bond acceptors (Lipinski definition) is 7. The van der Waals surface area contributed by atoms with Crippen LogP contribution in [0.15, 0.2) is 60.9 Å². The molecule has 1 aliphatic heterocycles. The van der Waals surface area contributed by atoms with Gasteiger partial charge in [-0.3, -0.25) is 0 Å². The molecular formula is C22H22N6O3S. The summed E-state index contributed by atoms with van der Waals surface area (Å²) in [5.74, 6) is 1.79. The van der Waals surface area contributed by atoms with Gasteiger partial charge in [-0.05, 0) is 42.8 Å². The van der Waals surface area contributed by atoms with E-state index in [1.165, 1.54) is 16.9 Å². The molecule has 2 aromatic heterocycles. The second-order valence-electron chi connectivity index (χ2n) is 7.75. The highest BCUT2D eigenvalue weighted by molar-refractivity contribution is 7.88. The normalized spacial score (nSPS) is 17.1. The minimum atomic E-state index is -3.26. The van der Waals surface area contributed by atoms with E-state index in [0.717, 1.165) is 11.3 Å². The zero-order chi connectivity index (χ0) is 22.3. The van der Waals surface area contributed by atoms with Gasteiger partial charge in [-0.2, -0.15) is 9.40 Å². The summed E-state index contributed by atoms with van der Waals surface area (Å²) >= 11 is 0. The third-order valence-corrected chi connectivity index (χ3v) is 6.84. The van der Waals surface area contributed by atoms with Gasteiger partial charge < -0.3 is 10.5 Å². The summed E-state index contributed by atoms with van der Waals surface area (Å²) in [5.41, 5.74) is 8.29. The van der Waals surface area contributed by atoms with Crippen LogP contribution >= 0.6 is 0 Å². The third-order valence-electron chi connectivity index (χ3n) is 5.57. The second kappa shape index (κ2) is 7.88. The third kappa shape index (κ3) is 3.78. The molecule has 1 saturated heterocycles. The van der Waals surface area contributed by atoms with E-state index in [1.807, 2.05) is 54.6 Å². The molecule has 5 rings (SSSR count). The monoisotopic (exact) mass is 450 g/mol. The Morgan fingerprint density at radius 1 is 1.03 bits per heavy atom. The molecule has 2 aromatic carbocycles. The zero-order valence-corrected chi connectivity index (χ0v) is 18.2. The largest absolute Gasteiger partial charge is 0.457 e. The van der Waals surface area contributed by atoms with Crippen LogP contribution in [0.1, 0.15) is 12.5 Å². The highest BCUT2D eigenvalue weighted by atomic mass is 32.2. The number of anilines is 1. The fraction of sp³-hybridized carbons (Fsp3) is 0.227. The Balaban J connectivity index is 1.51. The molecule has 10 heteroatoms. The molecule has 4 aromatic rings. The van der Waals surface area contributed by atoms with Crippen LogP contribution < -0.4 is 10.5 Å². The van der Waals surface area contributed by atoms with Crippen molar-refractivity contribution in [1.82, 2.24) is 24.1 Å². The predicted octanol–water partition coefficient (Wildman–Crippen LogP) is 3.07. The van der Waals surface area contributed by atoms with Crippen molar-refractivity contribution in [3.8, 4) is 22.8 Å². The van der Waals surface area contributed by atoms with Gasteiger partial charge in [0.05, 0.1) is 17.7 Å². The van der Waals surface area contributed by atoms with E-state index in [4.69, 9.17) is 15.6 Å². The smallest absolute Gasteiger partial charge is 0.211 e. The van der Waals surface area contributed by atoms with E-state index < -0.39 is 10.0 Å². The Morgan fingerprint density at radius 3 is 2.44 bits per heavy atom. The first-order valence-electron chi connectivity index (χ1n) is 10.2. The van der Waals surface area contributed by atoms with Gasteiger partial charge in [0.25, 0.3) is 0 Å². The van der Waals surface area contributed by atoms with Gasteiger partial charge in [-0.15, -0.1) is 0 Å². The first kappa shape index (κ1) is 20.4. The number of para-hydroxylation sites is 1. The molecule has 0 amide bonds. The zero-order valence-electron chi connectivity index (χ0n) is 17.4. The molecule has 1 aliphatic rings. The maximum absolute atomic E-state index is 12.0. The van der Waals surface area contributed by atoms with Crippen LogP contribution in [-0.4, -0.2) is 51.8 Å². The van der Waals surface area contributed by atoms with E-state index in [9.17, 15) is 8.42 Å². The summed E-state index contributed by atoms with van der Waals surface area (Å²) in [7, 11) is -3.26. The summed E-state index contributed by atoms with van der Waals surface area (Å²) in [4.78, 5) is 8.55. The molecule has 9 nitrogen and oxygen atoms in total. The maximum atomic E-state index is 12.0. The Labute approximate surface area is 185 Å². The van der Waals surface area contributed by atoms with Crippen LogP contribution in [0.2, 0.25) is 0 Å². The van der Waals surface area contributed by atoms with Crippen LogP contribution in [0.25, 0.3) is 22.3 Å². The van der Waals surface area contributed by atoms with Gasteiger partial charge in [0.2, 0.25) is 10.0 Å². The molecule has 2 N–H and O–H groups in total. The minimum absolute atomic E-state index is 0.129. The molecule has 1 fully saturated rings. The fourth-order valence-corrected chi connectivity index (χ4v) is 4.85. The molecule has 0 aliphatic carbocycles. The van der Waals surface area contributed by atoms with E-state index in [2.05, 4.69) is 9.97 Å². The topological polar surface area (TPSA) is 116 Å². The molecule has 0 radical (unpaired) electrons. The number of hydrogen-bond donors (Lipinski definition) is 1. The summed E-state index contributed by atoms with van der Waals surface area (Å²) in [5, 5.41) is 5.46. The SMILES string of the molecule is CS(=O)(=O)N1CC[C@@H](n2nc(-c3ccc(Oc4ccccc4)cc3)c3c(N)ncnc32)C1. The molecule has 3 heterocycles. The highest BCUT2D eigenvalue weighted by Gasteiger charge is 2.32.